The molecule has 0 aromatic carbocycles. The van der Waals surface area contributed by atoms with Crippen LogP contribution in [0.15, 0.2) is 23.3 Å². The lowest BCUT2D eigenvalue weighted by Crippen LogP contribution is -2.37. The molecule has 3 heterocycles. The third kappa shape index (κ3) is 3.06. The van der Waals surface area contributed by atoms with Crippen LogP contribution in [0.4, 0.5) is 0 Å². The number of likely N-dealkylation sites (tertiary alicyclic amines) is 1. The Labute approximate surface area is 134 Å². The van der Waals surface area contributed by atoms with Gasteiger partial charge in [-0.25, -0.2) is 4.68 Å². The van der Waals surface area contributed by atoms with E-state index in [4.69, 9.17) is 0 Å². The summed E-state index contributed by atoms with van der Waals surface area (Å²) in [4.78, 5) is 14.5. The van der Waals surface area contributed by atoms with Crippen LogP contribution in [-0.2, 0) is 20.1 Å². The number of hydrogen-bond donors (Lipinski definition) is 0. The van der Waals surface area contributed by atoms with Crippen molar-refractivity contribution in [1.29, 1.82) is 0 Å². The second-order valence-corrected chi connectivity index (χ2v) is 6.68. The minimum Gasteiger partial charge on any atom is -0.320 e. The Bertz CT molecular complexity index is 747. The molecule has 0 radical (unpaired) electrons. The molecule has 1 aliphatic carbocycles. The number of nitrogens with zero attached hydrogens (tertiary/aromatic N) is 6. The molecule has 0 bridgehead atoms. The van der Waals surface area contributed by atoms with Gasteiger partial charge in [-0.2, -0.15) is 5.10 Å². The smallest absolute Gasteiger partial charge is 0.266 e. The molecule has 1 saturated carbocycles. The van der Waals surface area contributed by atoms with Gasteiger partial charge < -0.3 is 4.57 Å². The van der Waals surface area contributed by atoms with Gasteiger partial charge in [0.15, 0.2) is 0 Å². The Balaban J connectivity index is 1.50. The average Bonchev–Trinajstić information content (AvgIpc) is 3.19. The first kappa shape index (κ1) is 14.6. The maximum absolute atomic E-state index is 12.1. The van der Waals surface area contributed by atoms with E-state index in [2.05, 4.69) is 20.2 Å². The zero-order valence-corrected chi connectivity index (χ0v) is 13.4. The van der Waals surface area contributed by atoms with Crippen molar-refractivity contribution in [3.63, 3.8) is 0 Å². The molecule has 1 unspecified atom stereocenters. The summed E-state index contributed by atoms with van der Waals surface area (Å²) >= 11 is 0. The van der Waals surface area contributed by atoms with Crippen molar-refractivity contribution in [3.8, 4) is 0 Å². The van der Waals surface area contributed by atoms with Crippen LogP contribution in [-0.4, -0.2) is 42.0 Å². The van der Waals surface area contributed by atoms with Crippen LogP contribution in [0.25, 0.3) is 0 Å². The van der Waals surface area contributed by atoms with Gasteiger partial charge in [-0.1, -0.05) is 0 Å². The zero-order valence-electron chi connectivity index (χ0n) is 13.4. The van der Waals surface area contributed by atoms with Crippen LogP contribution in [0.3, 0.4) is 0 Å². The molecule has 0 N–H and O–H groups in total. The third-order valence-electron chi connectivity index (χ3n) is 4.92. The van der Waals surface area contributed by atoms with Crippen LogP contribution in [0.2, 0.25) is 0 Å². The van der Waals surface area contributed by atoms with Gasteiger partial charge in [-0.3, -0.25) is 9.69 Å². The van der Waals surface area contributed by atoms with Crippen LogP contribution in [0, 0.1) is 0 Å². The molecule has 23 heavy (non-hydrogen) atoms. The average molecular weight is 314 g/mol. The summed E-state index contributed by atoms with van der Waals surface area (Å²) in [5.41, 5.74) is 1.07. The molecule has 0 amide bonds. The minimum atomic E-state index is -0.0000849. The molecule has 4 rings (SSSR count). The van der Waals surface area contributed by atoms with Gasteiger partial charge in [0.1, 0.15) is 12.2 Å². The fourth-order valence-electron chi connectivity index (χ4n) is 3.33. The highest BCUT2D eigenvalue weighted by Gasteiger charge is 2.28. The van der Waals surface area contributed by atoms with E-state index in [9.17, 15) is 4.79 Å². The summed E-state index contributed by atoms with van der Waals surface area (Å²) in [7, 11) is 1.96. The lowest BCUT2D eigenvalue weighted by Gasteiger charge is -2.24. The first-order chi connectivity index (χ1) is 11.2. The predicted molar refractivity (Wildman–Crippen MR) is 84.9 cm³/mol. The van der Waals surface area contributed by atoms with Crippen molar-refractivity contribution in [1.82, 2.24) is 29.4 Å². The fourth-order valence-corrected chi connectivity index (χ4v) is 3.33. The molecular weight excluding hydrogens is 292 g/mol. The lowest BCUT2D eigenvalue weighted by molar-refractivity contribution is 0.209. The summed E-state index contributed by atoms with van der Waals surface area (Å²) in [5.74, 6) is 1.53. The monoisotopic (exact) mass is 314 g/mol. The van der Waals surface area contributed by atoms with E-state index in [1.807, 2.05) is 17.7 Å². The molecule has 7 nitrogen and oxygen atoms in total. The number of aromatic nitrogens is 5. The van der Waals surface area contributed by atoms with Gasteiger partial charge in [-0.05, 0) is 38.3 Å². The highest BCUT2D eigenvalue weighted by molar-refractivity contribution is 5.12. The summed E-state index contributed by atoms with van der Waals surface area (Å²) in [5, 5.41) is 12.7. The van der Waals surface area contributed by atoms with E-state index in [0.29, 0.717) is 18.5 Å². The van der Waals surface area contributed by atoms with E-state index in [0.717, 1.165) is 37.4 Å². The summed E-state index contributed by atoms with van der Waals surface area (Å²) in [6, 6.07) is 3.90. The second-order valence-electron chi connectivity index (χ2n) is 6.68. The fraction of sp³-hybridized carbons (Fsp3) is 0.625. The summed E-state index contributed by atoms with van der Waals surface area (Å²) < 4.78 is 3.61. The molecule has 1 atom stereocenters. The predicted octanol–water partition coefficient (Wildman–Crippen LogP) is 0.914. The highest BCUT2D eigenvalue weighted by Crippen LogP contribution is 2.38. The van der Waals surface area contributed by atoms with Gasteiger partial charge in [0.25, 0.3) is 5.56 Å². The topological polar surface area (TPSA) is 68.8 Å². The summed E-state index contributed by atoms with van der Waals surface area (Å²) in [6.07, 6.45) is 6.38. The molecular formula is C16H22N6O. The van der Waals surface area contributed by atoms with Crippen molar-refractivity contribution in [2.45, 2.75) is 50.7 Å². The Kier molecular flexibility index (Phi) is 3.72. The molecule has 1 saturated heterocycles. The highest BCUT2D eigenvalue weighted by atomic mass is 16.1. The molecule has 122 valence electrons. The number of hydrogen-bond acceptors (Lipinski definition) is 5. The van der Waals surface area contributed by atoms with E-state index in [1.54, 1.807) is 17.1 Å². The van der Waals surface area contributed by atoms with Gasteiger partial charge in [-0.15, -0.1) is 10.2 Å². The minimum absolute atomic E-state index is 0.0000849. The first-order valence-corrected chi connectivity index (χ1v) is 8.35. The van der Waals surface area contributed by atoms with E-state index in [-0.39, 0.29) is 5.56 Å². The van der Waals surface area contributed by atoms with E-state index in [1.165, 1.54) is 12.8 Å². The van der Waals surface area contributed by atoms with Gasteiger partial charge in [0.05, 0.1) is 18.8 Å². The quantitative estimate of drug-likeness (QED) is 0.820. The molecule has 2 fully saturated rings. The maximum Gasteiger partial charge on any atom is 0.266 e. The van der Waals surface area contributed by atoms with Crippen molar-refractivity contribution >= 4 is 0 Å². The molecule has 7 heteroatoms. The molecule has 1 aliphatic heterocycles. The second kappa shape index (κ2) is 5.88. The van der Waals surface area contributed by atoms with Crippen molar-refractivity contribution in [2.24, 2.45) is 7.05 Å². The third-order valence-corrected chi connectivity index (χ3v) is 4.92. The Morgan fingerprint density at radius 2 is 2.13 bits per heavy atom. The van der Waals surface area contributed by atoms with Crippen molar-refractivity contribution < 1.29 is 0 Å². The largest absolute Gasteiger partial charge is 0.320 e. The van der Waals surface area contributed by atoms with Crippen LogP contribution in [0.1, 0.15) is 43.1 Å². The van der Waals surface area contributed by atoms with E-state index >= 15 is 0 Å². The normalized spacial score (nSPS) is 21.9. The van der Waals surface area contributed by atoms with Gasteiger partial charge in [0.2, 0.25) is 0 Å². The lowest BCUT2D eigenvalue weighted by atomic mass is 10.2. The van der Waals surface area contributed by atoms with Crippen molar-refractivity contribution in [3.05, 3.63) is 40.3 Å². The zero-order chi connectivity index (χ0) is 15.8. The van der Waals surface area contributed by atoms with Gasteiger partial charge >= 0.3 is 0 Å². The van der Waals surface area contributed by atoms with Gasteiger partial charge in [0, 0.05) is 25.1 Å². The van der Waals surface area contributed by atoms with Crippen LogP contribution < -0.4 is 5.56 Å². The SMILES string of the molecule is Cn1cnnc1CN1CCCC1Cn1nc(C2CC2)ccc1=O. The molecule has 2 aromatic rings. The Hall–Kier alpha value is -2.02. The number of aryl methyl sites for hydroxylation is 1. The Morgan fingerprint density at radius 3 is 2.87 bits per heavy atom. The standard InChI is InChI=1S/C16H22N6O/c1-20-11-17-18-15(20)10-21-8-2-3-13(21)9-22-16(23)7-6-14(19-22)12-4-5-12/h6-7,11-13H,2-5,8-10H2,1H3. The van der Waals surface area contributed by atoms with Crippen molar-refractivity contribution in [2.75, 3.05) is 6.54 Å². The molecule has 2 aromatic heterocycles. The first-order valence-electron chi connectivity index (χ1n) is 8.35. The van der Waals surface area contributed by atoms with Crippen LogP contribution in [0.5, 0.6) is 0 Å². The van der Waals surface area contributed by atoms with E-state index < -0.39 is 0 Å². The summed E-state index contributed by atoms with van der Waals surface area (Å²) in [6.45, 7) is 2.48. The van der Waals surface area contributed by atoms with Crippen LogP contribution >= 0.6 is 0 Å². The Morgan fingerprint density at radius 1 is 1.26 bits per heavy atom. The molecule has 0 spiro atoms. The number of rotatable bonds is 5. The maximum atomic E-state index is 12.1. The molecule has 2 aliphatic rings.